The van der Waals surface area contributed by atoms with Gasteiger partial charge in [0.25, 0.3) is 0 Å². The quantitative estimate of drug-likeness (QED) is 0.740. The van der Waals surface area contributed by atoms with Crippen molar-refractivity contribution in [1.82, 2.24) is 9.97 Å². The van der Waals surface area contributed by atoms with Gasteiger partial charge in [-0.2, -0.15) is 10.5 Å². The first-order chi connectivity index (χ1) is 11.8. The van der Waals surface area contributed by atoms with Crippen molar-refractivity contribution in [2.75, 3.05) is 29.0 Å². The zero-order valence-corrected chi connectivity index (χ0v) is 14.0. The number of hydrogen-bond donors (Lipinski definition) is 2. The van der Waals surface area contributed by atoms with E-state index in [1.165, 1.54) is 32.0 Å². The van der Waals surface area contributed by atoms with E-state index in [1.807, 2.05) is 4.90 Å². The lowest BCUT2D eigenvalue weighted by atomic mass is 10.1. The molecule has 0 spiro atoms. The summed E-state index contributed by atoms with van der Waals surface area (Å²) in [5, 5.41) is 21.1. The van der Waals surface area contributed by atoms with Gasteiger partial charge in [0.15, 0.2) is 11.6 Å². The van der Waals surface area contributed by atoms with Crippen LogP contribution < -0.4 is 16.0 Å². The fourth-order valence-electron chi connectivity index (χ4n) is 3.06. The summed E-state index contributed by atoms with van der Waals surface area (Å²) in [6.45, 7) is 1.00. The fraction of sp³-hybridized carbons (Fsp3) is 0.647. The van der Waals surface area contributed by atoms with E-state index in [-0.39, 0.29) is 0 Å². The van der Waals surface area contributed by atoms with E-state index >= 15 is 0 Å². The molecule has 0 aliphatic heterocycles. The van der Waals surface area contributed by atoms with E-state index in [1.54, 1.807) is 0 Å². The van der Waals surface area contributed by atoms with Gasteiger partial charge in [-0.1, -0.05) is 25.7 Å². The molecule has 7 nitrogen and oxygen atoms in total. The molecule has 0 aromatic carbocycles. The Morgan fingerprint density at radius 1 is 1.08 bits per heavy atom. The van der Waals surface area contributed by atoms with Crippen LogP contribution in [0.5, 0.6) is 0 Å². The highest BCUT2D eigenvalue weighted by molar-refractivity contribution is 5.75. The lowest BCUT2D eigenvalue weighted by Gasteiger charge is -2.25. The SMILES string of the molecule is N#CCCN(CCC#N)c1ncnc(NC2CCCCCC2)c1N. The van der Waals surface area contributed by atoms with Gasteiger partial charge in [-0.15, -0.1) is 0 Å². The Bertz CT molecular complexity index is 576. The maximum atomic E-state index is 8.84. The average molecular weight is 327 g/mol. The van der Waals surface area contributed by atoms with Crippen molar-refractivity contribution in [2.45, 2.75) is 57.4 Å². The molecule has 1 heterocycles. The van der Waals surface area contributed by atoms with Crippen molar-refractivity contribution in [3.8, 4) is 12.1 Å². The van der Waals surface area contributed by atoms with E-state index in [2.05, 4.69) is 27.4 Å². The summed E-state index contributed by atoms with van der Waals surface area (Å²) in [5.41, 5.74) is 6.79. The van der Waals surface area contributed by atoms with E-state index in [0.717, 1.165) is 12.8 Å². The van der Waals surface area contributed by atoms with Crippen LogP contribution in [-0.4, -0.2) is 29.1 Å². The molecule has 24 heavy (non-hydrogen) atoms. The lowest BCUT2D eigenvalue weighted by Crippen LogP contribution is -2.28. The van der Waals surface area contributed by atoms with Crippen LogP contribution in [0.1, 0.15) is 51.4 Å². The van der Waals surface area contributed by atoms with Crippen LogP contribution in [-0.2, 0) is 0 Å². The Balaban J connectivity index is 2.14. The second-order valence-corrected chi connectivity index (χ2v) is 6.10. The minimum atomic E-state index is 0.361. The molecule has 0 radical (unpaired) electrons. The topological polar surface area (TPSA) is 115 Å². The maximum Gasteiger partial charge on any atom is 0.157 e. The first-order valence-corrected chi connectivity index (χ1v) is 8.62. The Kier molecular flexibility index (Phi) is 7.10. The first-order valence-electron chi connectivity index (χ1n) is 8.62. The molecule has 0 atom stereocenters. The minimum absolute atomic E-state index is 0.361. The van der Waals surface area contributed by atoms with Crippen LogP contribution in [0.15, 0.2) is 6.33 Å². The monoisotopic (exact) mass is 327 g/mol. The number of anilines is 3. The van der Waals surface area contributed by atoms with E-state index in [4.69, 9.17) is 16.3 Å². The third-order valence-electron chi connectivity index (χ3n) is 4.35. The molecule has 1 aliphatic rings. The van der Waals surface area contributed by atoms with Gasteiger partial charge in [0, 0.05) is 19.1 Å². The van der Waals surface area contributed by atoms with Gasteiger partial charge in [-0.25, -0.2) is 9.97 Å². The second kappa shape index (κ2) is 9.57. The summed E-state index contributed by atoms with van der Waals surface area (Å²) in [7, 11) is 0. The molecule has 2 rings (SSSR count). The average Bonchev–Trinajstić information content (AvgIpc) is 2.86. The maximum absolute atomic E-state index is 8.84. The molecule has 1 aromatic rings. The van der Waals surface area contributed by atoms with Gasteiger partial charge in [-0.3, -0.25) is 0 Å². The van der Waals surface area contributed by atoms with E-state index in [0.29, 0.717) is 49.3 Å². The Morgan fingerprint density at radius 3 is 2.29 bits per heavy atom. The highest BCUT2D eigenvalue weighted by atomic mass is 15.2. The number of hydrogen-bond acceptors (Lipinski definition) is 7. The summed E-state index contributed by atoms with van der Waals surface area (Å²) in [5.74, 6) is 1.26. The van der Waals surface area contributed by atoms with Crippen molar-refractivity contribution in [1.29, 1.82) is 10.5 Å². The fourth-order valence-corrected chi connectivity index (χ4v) is 3.06. The zero-order valence-electron chi connectivity index (χ0n) is 14.0. The van der Waals surface area contributed by atoms with Gasteiger partial charge in [0.2, 0.25) is 0 Å². The van der Waals surface area contributed by atoms with E-state index < -0.39 is 0 Å². The molecular formula is C17H25N7. The van der Waals surface area contributed by atoms with Crippen LogP contribution in [0.2, 0.25) is 0 Å². The summed E-state index contributed by atoms with van der Waals surface area (Å²) in [6, 6.07) is 4.65. The minimum Gasteiger partial charge on any atom is -0.393 e. The predicted molar refractivity (Wildman–Crippen MR) is 94.2 cm³/mol. The number of nitrogens with one attached hydrogen (secondary N) is 1. The molecular weight excluding hydrogens is 302 g/mol. The van der Waals surface area contributed by atoms with Gasteiger partial charge >= 0.3 is 0 Å². The summed E-state index contributed by atoms with van der Waals surface area (Å²) >= 11 is 0. The van der Waals surface area contributed by atoms with Crippen LogP contribution in [0.4, 0.5) is 17.3 Å². The van der Waals surface area contributed by atoms with Crippen LogP contribution >= 0.6 is 0 Å². The molecule has 1 fully saturated rings. The molecule has 3 N–H and O–H groups in total. The van der Waals surface area contributed by atoms with Gasteiger partial charge in [-0.05, 0) is 12.8 Å². The number of aromatic nitrogens is 2. The Labute approximate surface area is 143 Å². The first kappa shape index (κ1) is 17.8. The van der Waals surface area contributed by atoms with Gasteiger partial charge in [0.1, 0.15) is 12.0 Å². The summed E-state index contributed by atoms with van der Waals surface area (Å²) < 4.78 is 0. The standard InChI is InChI=1S/C17H25N7/c18-9-5-11-24(12-6-10-19)17-15(20)16(21-13-22-17)23-14-7-3-1-2-4-8-14/h13-14H,1-8,11-12,20H2,(H,21,22,23). The molecule has 1 aromatic heterocycles. The molecule has 1 saturated carbocycles. The van der Waals surface area contributed by atoms with Crippen LogP contribution in [0.25, 0.3) is 0 Å². The van der Waals surface area contributed by atoms with Crippen molar-refractivity contribution < 1.29 is 0 Å². The highest BCUT2D eigenvalue weighted by Crippen LogP contribution is 2.29. The van der Waals surface area contributed by atoms with Crippen molar-refractivity contribution in [2.24, 2.45) is 0 Å². The largest absolute Gasteiger partial charge is 0.393 e. The molecule has 0 unspecified atom stereocenters. The van der Waals surface area contributed by atoms with Crippen LogP contribution in [0, 0.1) is 22.7 Å². The van der Waals surface area contributed by atoms with Crippen molar-refractivity contribution in [3.05, 3.63) is 6.33 Å². The lowest BCUT2D eigenvalue weighted by molar-refractivity contribution is 0.617. The number of rotatable bonds is 7. The molecule has 128 valence electrons. The number of nitriles is 2. The smallest absolute Gasteiger partial charge is 0.157 e. The molecule has 7 heteroatoms. The number of nitrogens with two attached hydrogens (primary N) is 1. The second-order valence-electron chi connectivity index (χ2n) is 6.10. The molecule has 1 aliphatic carbocycles. The third-order valence-corrected chi connectivity index (χ3v) is 4.35. The van der Waals surface area contributed by atoms with Gasteiger partial charge < -0.3 is 16.0 Å². The number of nitrogens with zero attached hydrogens (tertiary/aromatic N) is 5. The Morgan fingerprint density at radius 2 is 1.71 bits per heavy atom. The van der Waals surface area contributed by atoms with Crippen LogP contribution in [0.3, 0.4) is 0 Å². The van der Waals surface area contributed by atoms with E-state index in [9.17, 15) is 0 Å². The third kappa shape index (κ3) is 4.99. The molecule has 0 bridgehead atoms. The highest BCUT2D eigenvalue weighted by Gasteiger charge is 2.18. The van der Waals surface area contributed by atoms with Crippen molar-refractivity contribution in [3.63, 3.8) is 0 Å². The number of nitrogen functional groups attached to an aromatic ring is 1. The molecule has 0 amide bonds. The van der Waals surface area contributed by atoms with Gasteiger partial charge in [0.05, 0.1) is 25.0 Å². The normalized spacial score (nSPS) is 15.1. The predicted octanol–water partition coefficient (Wildman–Crippen LogP) is 2.83. The summed E-state index contributed by atoms with van der Waals surface area (Å²) in [4.78, 5) is 10.5. The molecule has 0 saturated heterocycles. The van der Waals surface area contributed by atoms with Crippen molar-refractivity contribution >= 4 is 17.3 Å². The Hall–Kier alpha value is -2.54. The summed E-state index contributed by atoms with van der Waals surface area (Å²) in [6.07, 6.45) is 9.52. The zero-order chi connectivity index (χ0) is 17.2.